The number of morpholine rings is 1. The number of hydrogen-bond donors (Lipinski definition) is 0. The molecular formula is C15H25N3O4S. The molecule has 1 aromatic rings. The van der Waals surface area contributed by atoms with Gasteiger partial charge in [-0.05, 0) is 25.8 Å². The maximum Gasteiger partial charge on any atom is 0.260 e. The minimum absolute atomic E-state index is 0.107. The molecule has 1 saturated carbocycles. The van der Waals surface area contributed by atoms with Gasteiger partial charge in [0.25, 0.3) is 10.0 Å². The molecule has 3 rings (SSSR count). The standard InChI is InChI=1S/C15H25N3O4S/c1-3-17-15(7-8-16-17)23(19,20)18-9-10-22-11-13(18)12-5-4-6-14(12)21-2/h7-8,12-14H,3-6,9-11H2,1-2H3/t12-,13-,14-/m1/s1. The van der Waals surface area contributed by atoms with Gasteiger partial charge in [0.2, 0.25) is 0 Å². The van der Waals surface area contributed by atoms with Crippen LogP contribution in [-0.2, 0) is 26.0 Å². The third-order valence-corrected chi connectivity index (χ3v) is 6.91. The Bertz CT molecular complexity index is 630. The fourth-order valence-corrected chi connectivity index (χ4v) is 5.63. The van der Waals surface area contributed by atoms with E-state index >= 15 is 0 Å². The Morgan fingerprint density at radius 3 is 3.00 bits per heavy atom. The second-order valence-electron chi connectivity index (χ2n) is 6.11. The maximum absolute atomic E-state index is 13.2. The molecule has 2 fully saturated rings. The van der Waals surface area contributed by atoms with Gasteiger partial charge in [-0.1, -0.05) is 6.42 Å². The lowest BCUT2D eigenvalue weighted by Crippen LogP contribution is -2.53. The zero-order chi connectivity index (χ0) is 16.4. The van der Waals surface area contributed by atoms with Gasteiger partial charge in [-0.15, -0.1) is 0 Å². The van der Waals surface area contributed by atoms with Crippen LogP contribution in [0.4, 0.5) is 0 Å². The molecule has 1 saturated heterocycles. The van der Waals surface area contributed by atoms with Crippen molar-refractivity contribution in [3.63, 3.8) is 0 Å². The van der Waals surface area contributed by atoms with E-state index in [-0.39, 0.29) is 23.1 Å². The van der Waals surface area contributed by atoms with E-state index in [4.69, 9.17) is 9.47 Å². The Labute approximate surface area is 137 Å². The van der Waals surface area contributed by atoms with Crippen molar-refractivity contribution in [3.05, 3.63) is 12.3 Å². The van der Waals surface area contributed by atoms with Crippen LogP contribution in [0.1, 0.15) is 26.2 Å². The van der Waals surface area contributed by atoms with Gasteiger partial charge in [-0.2, -0.15) is 9.40 Å². The highest BCUT2D eigenvalue weighted by Gasteiger charge is 2.44. The summed E-state index contributed by atoms with van der Waals surface area (Å²) in [4.78, 5) is 0. The summed E-state index contributed by atoms with van der Waals surface area (Å²) in [5.41, 5.74) is 0. The molecule has 0 spiro atoms. The molecule has 0 radical (unpaired) electrons. The monoisotopic (exact) mass is 343 g/mol. The molecule has 130 valence electrons. The first-order valence-electron chi connectivity index (χ1n) is 8.23. The van der Waals surface area contributed by atoms with Crippen LogP contribution in [0, 0.1) is 5.92 Å². The summed E-state index contributed by atoms with van der Waals surface area (Å²) < 4.78 is 40.6. The molecule has 8 heteroatoms. The van der Waals surface area contributed by atoms with E-state index in [1.54, 1.807) is 23.7 Å². The number of aromatic nitrogens is 2. The fourth-order valence-electron chi connectivity index (χ4n) is 3.83. The summed E-state index contributed by atoms with van der Waals surface area (Å²) in [6.07, 6.45) is 4.68. The first-order valence-corrected chi connectivity index (χ1v) is 9.67. The van der Waals surface area contributed by atoms with Crippen LogP contribution in [0.3, 0.4) is 0 Å². The fraction of sp³-hybridized carbons (Fsp3) is 0.800. The van der Waals surface area contributed by atoms with E-state index in [1.807, 2.05) is 6.92 Å². The highest BCUT2D eigenvalue weighted by atomic mass is 32.2. The Morgan fingerprint density at radius 1 is 1.43 bits per heavy atom. The third kappa shape index (κ3) is 3.05. The van der Waals surface area contributed by atoms with E-state index in [1.165, 1.54) is 4.68 Å². The van der Waals surface area contributed by atoms with Gasteiger partial charge in [-0.3, -0.25) is 4.68 Å². The quantitative estimate of drug-likeness (QED) is 0.801. The molecule has 1 aliphatic carbocycles. The SMILES string of the molecule is CCn1nccc1S(=O)(=O)N1CCOC[C@@H]1[C@H]1CCC[C@H]1OC. The molecule has 2 heterocycles. The number of rotatable bonds is 5. The average molecular weight is 343 g/mol. The minimum Gasteiger partial charge on any atom is -0.381 e. The molecule has 0 amide bonds. The predicted octanol–water partition coefficient (Wildman–Crippen LogP) is 1.11. The van der Waals surface area contributed by atoms with E-state index in [2.05, 4.69) is 5.10 Å². The van der Waals surface area contributed by atoms with Crippen molar-refractivity contribution in [3.8, 4) is 0 Å². The number of sulfonamides is 1. The van der Waals surface area contributed by atoms with Crippen LogP contribution < -0.4 is 0 Å². The molecule has 3 atom stereocenters. The highest BCUT2D eigenvalue weighted by Crippen LogP contribution is 2.36. The lowest BCUT2D eigenvalue weighted by atomic mass is 9.96. The van der Waals surface area contributed by atoms with Crippen LogP contribution in [0.15, 0.2) is 17.3 Å². The Balaban J connectivity index is 1.92. The first kappa shape index (κ1) is 16.9. The van der Waals surface area contributed by atoms with Crippen molar-refractivity contribution < 1.29 is 17.9 Å². The van der Waals surface area contributed by atoms with Crippen molar-refractivity contribution in [2.45, 2.75) is 49.9 Å². The van der Waals surface area contributed by atoms with Crippen LogP contribution in [-0.4, -0.2) is 61.5 Å². The summed E-state index contributed by atoms with van der Waals surface area (Å²) in [5.74, 6) is 0.188. The number of nitrogens with zero attached hydrogens (tertiary/aromatic N) is 3. The second-order valence-corrected chi connectivity index (χ2v) is 7.95. The minimum atomic E-state index is -3.58. The van der Waals surface area contributed by atoms with E-state index in [0.29, 0.717) is 26.3 Å². The smallest absolute Gasteiger partial charge is 0.260 e. The van der Waals surface area contributed by atoms with E-state index in [0.717, 1.165) is 19.3 Å². The van der Waals surface area contributed by atoms with Crippen molar-refractivity contribution in [1.82, 2.24) is 14.1 Å². The zero-order valence-electron chi connectivity index (χ0n) is 13.7. The first-order chi connectivity index (χ1) is 11.1. The van der Waals surface area contributed by atoms with Gasteiger partial charge >= 0.3 is 0 Å². The Kier molecular flexibility index (Phi) is 5.05. The highest BCUT2D eigenvalue weighted by molar-refractivity contribution is 7.89. The topological polar surface area (TPSA) is 73.7 Å². The molecule has 0 aromatic carbocycles. The lowest BCUT2D eigenvalue weighted by Gasteiger charge is -2.39. The molecule has 0 unspecified atom stereocenters. The number of ether oxygens (including phenoxy) is 2. The predicted molar refractivity (Wildman–Crippen MR) is 84.5 cm³/mol. The largest absolute Gasteiger partial charge is 0.381 e. The second kappa shape index (κ2) is 6.88. The molecule has 0 bridgehead atoms. The Hall–Kier alpha value is -0.960. The van der Waals surface area contributed by atoms with Gasteiger partial charge in [0, 0.05) is 26.1 Å². The van der Waals surface area contributed by atoms with Gasteiger partial charge < -0.3 is 9.47 Å². The van der Waals surface area contributed by atoms with Gasteiger partial charge in [0.05, 0.1) is 31.6 Å². The number of aryl methyl sites for hydroxylation is 1. The van der Waals surface area contributed by atoms with E-state index in [9.17, 15) is 8.42 Å². The van der Waals surface area contributed by atoms with Crippen molar-refractivity contribution in [2.24, 2.45) is 5.92 Å². The van der Waals surface area contributed by atoms with Crippen LogP contribution in [0.25, 0.3) is 0 Å². The van der Waals surface area contributed by atoms with Gasteiger partial charge in [0.15, 0.2) is 5.03 Å². The molecule has 1 aliphatic heterocycles. The van der Waals surface area contributed by atoms with Crippen molar-refractivity contribution in [1.29, 1.82) is 0 Å². The molecule has 0 N–H and O–H groups in total. The summed E-state index contributed by atoms with van der Waals surface area (Å²) in [6.45, 7) is 3.67. The van der Waals surface area contributed by atoms with Crippen LogP contribution in [0.5, 0.6) is 0 Å². The lowest BCUT2D eigenvalue weighted by molar-refractivity contribution is -0.0261. The maximum atomic E-state index is 13.2. The van der Waals surface area contributed by atoms with Crippen LogP contribution >= 0.6 is 0 Å². The number of hydrogen-bond acceptors (Lipinski definition) is 5. The van der Waals surface area contributed by atoms with Gasteiger partial charge in [0.1, 0.15) is 0 Å². The third-order valence-electron chi connectivity index (χ3n) is 4.97. The van der Waals surface area contributed by atoms with Crippen LogP contribution in [0.2, 0.25) is 0 Å². The van der Waals surface area contributed by atoms with Crippen molar-refractivity contribution in [2.75, 3.05) is 26.9 Å². The zero-order valence-corrected chi connectivity index (χ0v) is 14.5. The molecule has 2 aliphatic rings. The number of methoxy groups -OCH3 is 1. The van der Waals surface area contributed by atoms with Gasteiger partial charge in [-0.25, -0.2) is 8.42 Å². The summed E-state index contributed by atoms with van der Waals surface area (Å²) in [6, 6.07) is 1.41. The normalized spacial score (nSPS) is 29.9. The van der Waals surface area contributed by atoms with E-state index < -0.39 is 10.0 Å². The molecular weight excluding hydrogens is 318 g/mol. The summed E-state index contributed by atoms with van der Waals surface area (Å²) in [5, 5.41) is 4.37. The summed E-state index contributed by atoms with van der Waals surface area (Å²) >= 11 is 0. The van der Waals surface area contributed by atoms with Crippen molar-refractivity contribution >= 4 is 10.0 Å². The average Bonchev–Trinajstić information content (AvgIpc) is 3.23. The molecule has 7 nitrogen and oxygen atoms in total. The Morgan fingerprint density at radius 2 is 2.26 bits per heavy atom. The molecule has 23 heavy (non-hydrogen) atoms. The summed E-state index contributed by atoms with van der Waals surface area (Å²) in [7, 11) is -1.88. The molecule has 1 aromatic heterocycles.